The average molecular weight is 491 g/mol. The third kappa shape index (κ3) is 5.90. The molecular formula is C25H26N6O3S. The summed E-state index contributed by atoms with van der Waals surface area (Å²) in [6.07, 6.45) is 3.56. The van der Waals surface area contributed by atoms with Crippen molar-refractivity contribution in [2.75, 3.05) is 5.32 Å². The third-order valence-corrected chi connectivity index (χ3v) is 6.33. The average Bonchev–Trinajstić information content (AvgIpc) is 3.49. The third-order valence-electron chi connectivity index (χ3n) is 5.53. The number of carbonyl (C=O) groups excluding carboxylic acids is 1. The minimum atomic E-state index is -1.08. The first-order chi connectivity index (χ1) is 16.8. The number of hydrogen-bond acceptors (Lipinski definition) is 7. The van der Waals surface area contributed by atoms with E-state index in [4.69, 9.17) is 0 Å². The van der Waals surface area contributed by atoms with Crippen LogP contribution in [-0.4, -0.2) is 42.4 Å². The molecule has 2 heterocycles. The van der Waals surface area contributed by atoms with E-state index < -0.39 is 12.0 Å². The van der Waals surface area contributed by atoms with Crippen LogP contribution in [0, 0.1) is 20.8 Å². The Hall–Kier alpha value is -4.05. The molecule has 0 spiro atoms. The number of imidazole rings is 1. The van der Waals surface area contributed by atoms with Gasteiger partial charge >= 0.3 is 5.97 Å². The van der Waals surface area contributed by atoms with E-state index in [-0.39, 0.29) is 12.3 Å². The zero-order valence-electron chi connectivity index (χ0n) is 19.6. The molecule has 0 aliphatic heterocycles. The van der Waals surface area contributed by atoms with Gasteiger partial charge in [0.05, 0.1) is 6.54 Å². The molecule has 35 heavy (non-hydrogen) atoms. The van der Waals surface area contributed by atoms with E-state index in [9.17, 15) is 14.7 Å². The van der Waals surface area contributed by atoms with E-state index in [0.717, 1.165) is 32.8 Å². The number of nitrogens with zero attached hydrogens (tertiary/aromatic N) is 3. The van der Waals surface area contributed by atoms with Gasteiger partial charge in [0.2, 0.25) is 0 Å². The van der Waals surface area contributed by atoms with Crippen molar-refractivity contribution in [1.29, 1.82) is 0 Å². The first kappa shape index (κ1) is 24.1. The maximum absolute atomic E-state index is 12.9. The maximum Gasteiger partial charge on any atom is 0.326 e. The van der Waals surface area contributed by atoms with Crippen LogP contribution in [0.4, 0.5) is 5.95 Å². The van der Waals surface area contributed by atoms with Crippen LogP contribution in [0.2, 0.25) is 0 Å². The lowest BCUT2D eigenvalue weighted by Gasteiger charge is -2.17. The van der Waals surface area contributed by atoms with E-state index in [0.29, 0.717) is 23.9 Å². The molecule has 4 N–H and O–H groups in total. The van der Waals surface area contributed by atoms with Crippen LogP contribution < -0.4 is 10.6 Å². The van der Waals surface area contributed by atoms with Crippen molar-refractivity contribution in [2.24, 2.45) is 0 Å². The van der Waals surface area contributed by atoms with Crippen molar-refractivity contribution in [1.82, 2.24) is 24.6 Å². The number of aliphatic carboxylic acids is 1. The minimum absolute atomic E-state index is 0.166. The Balaban J connectivity index is 1.41. The number of aromatic nitrogens is 4. The monoisotopic (exact) mass is 490 g/mol. The molecule has 180 valence electrons. The molecule has 1 unspecified atom stereocenters. The Labute approximate surface area is 206 Å². The summed E-state index contributed by atoms with van der Waals surface area (Å²) in [5.74, 6) is -0.157. The molecule has 0 aliphatic carbocycles. The van der Waals surface area contributed by atoms with Gasteiger partial charge in [0, 0.05) is 29.9 Å². The fraction of sp³-hybridized carbons (Fsp3) is 0.240. The summed E-state index contributed by atoms with van der Waals surface area (Å²) in [4.78, 5) is 36.4. The Morgan fingerprint density at radius 1 is 1.11 bits per heavy atom. The van der Waals surface area contributed by atoms with Crippen LogP contribution in [-0.2, 0) is 17.8 Å². The summed E-state index contributed by atoms with van der Waals surface area (Å²) in [7, 11) is 0. The SMILES string of the molecule is Cc1cc(C)c(C(=O)NC(Cc2ccc(-c3nc(CNc4ncc[nH]4)ns3)cc2)C(=O)O)c(C)c1. The van der Waals surface area contributed by atoms with Gasteiger partial charge in [0.15, 0.2) is 11.8 Å². The van der Waals surface area contributed by atoms with E-state index in [2.05, 4.69) is 30.0 Å². The quantitative estimate of drug-likeness (QED) is 0.280. The Kier molecular flexibility index (Phi) is 7.21. The summed E-state index contributed by atoms with van der Waals surface area (Å²) < 4.78 is 4.37. The van der Waals surface area contributed by atoms with Gasteiger partial charge in [-0.1, -0.05) is 42.0 Å². The number of carbonyl (C=O) groups is 2. The lowest BCUT2D eigenvalue weighted by molar-refractivity contribution is -0.139. The van der Waals surface area contributed by atoms with Crippen molar-refractivity contribution in [3.8, 4) is 10.6 Å². The topological polar surface area (TPSA) is 133 Å². The standard InChI is InChI=1S/C25H26N6O3S/c1-14-10-15(2)21(16(3)11-14)22(32)29-19(24(33)34)12-17-4-6-18(7-5-17)23-30-20(31-35-23)13-28-25-26-8-9-27-25/h4-11,19H,12-13H2,1-3H3,(H,29,32)(H,33,34)(H2,26,27,28). The highest BCUT2D eigenvalue weighted by atomic mass is 32.1. The first-order valence-electron chi connectivity index (χ1n) is 11.1. The van der Waals surface area contributed by atoms with Crippen molar-refractivity contribution in [2.45, 2.75) is 39.8 Å². The summed E-state index contributed by atoms with van der Waals surface area (Å²) in [5, 5.41) is 16.3. The maximum atomic E-state index is 12.9. The Bertz CT molecular complexity index is 1310. The van der Waals surface area contributed by atoms with Crippen LogP contribution in [0.15, 0.2) is 48.8 Å². The van der Waals surface area contributed by atoms with Crippen molar-refractivity contribution < 1.29 is 14.7 Å². The Morgan fingerprint density at radius 2 is 1.83 bits per heavy atom. The number of carboxylic acids is 1. The van der Waals surface area contributed by atoms with Crippen LogP contribution in [0.1, 0.15) is 38.4 Å². The fourth-order valence-corrected chi connectivity index (χ4v) is 4.64. The van der Waals surface area contributed by atoms with Crippen LogP contribution in [0.5, 0.6) is 0 Å². The molecular weight excluding hydrogens is 464 g/mol. The smallest absolute Gasteiger partial charge is 0.326 e. The van der Waals surface area contributed by atoms with Crippen LogP contribution >= 0.6 is 11.5 Å². The van der Waals surface area contributed by atoms with Gasteiger partial charge in [0.25, 0.3) is 5.91 Å². The zero-order chi connectivity index (χ0) is 24.9. The van der Waals surface area contributed by atoms with Crippen LogP contribution in [0.3, 0.4) is 0 Å². The van der Waals surface area contributed by atoms with Gasteiger partial charge in [0.1, 0.15) is 11.0 Å². The summed E-state index contributed by atoms with van der Waals surface area (Å²) in [6.45, 7) is 6.12. The number of aryl methyl sites for hydroxylation is 3. The molecule has 1 amide bonds. The number of nitrogens with one attached hydrogen (secondary N) is 3. The molecule has 0 radical (unpaired) electrons. The minimum Gasteiger partial charge on any atom is -0.480 e. The van der Waals surface area contributed by atoms with E-state index >= 15 is 0 Å². The molecule has 0 saturated carbocycles. The largest absolute Gasteiger partial charge is 0.480 e. The highest BCUT2D eigenvalue weighted by Crippen LogP contribution is 2.23. The van der Waals surface area contributed by atoms with Crippen molar-refractivity contribution in [3.05, 3.63) is 82.4 Å². The van der Waals surface area contributed by atoms with Crippen molar-refractivity contribution >= 4 is 29.4 Å². The van der Waals surface area contributed by atoms with Gasteiger partial charge in [-0.3, -0.25) is 4.79 Å². The molecule has 9 nitrogen and oxygen atoms in total. The fourth-order valence-electron chi connectivity index (χ4n) is 3.96. The van der Waals surface area contributed by atoms with Crippen molar-refractivity contribution in [3.63, 3.8) is 0 Å². The molecule has 2 aromatic carbocycles. The second-order valence-corrected chi connectivity index (χ2v) is 9.10. The summed E-state index contributed by atoms with van der Waals surface area (Å²) in [5.41, 5.74) is 4.91. The first-order valence-corrected chi connectivity index (χ1v) is 11.8. The number of aromatic amines is 1. The van der Waals surface area contributed by atoms with Gasteiger partial charge < -0.3 is 20.7 Å². The van der Waals surface area contributed by atoms with E-state index in [1.165, 1.54) is 11.5 Å². The number of benzene rings is 2. The highest BCUT2D eigenvalue weighted by molar-refractivity contribution is 7.09. The molecule has 1 atom stereocenters. The van der Waals surface area contributed by atoms with Crippen LogP contribution in [0.25, 0.3) is 10.6 Å². The summed E-state index contributed by atoms with van der Waals surface area (Å²) >= 11 is 1.29. The number of rotatable bonds is 9. The number of amides is 1. The molecule has 4 aromatic rings. The van der Waals surface area contributed by atoms with Gasteiger partial charge in [-0.15, -0.1) is 0 Å². The van der Waals surface area contributed by atoms with E-state index in [1.807, 2.05) is 57.2 Å². The zero-order valence-corrected chi connectivity index (χ0v) is 20.4. The lowest BCUT2D eigenvalue weighted by Crippen LogP contribution is -2.42. The highest BCUT2D eigenvalue weighted by Gasteiger charge is 2.23. The number of H-pyrrole nitrogens is 1. The number of anilines is 1. The Morgan fingerprint density at radius 3 is 2.46 bits per heavy atom. The number of carboxylic acid groups (broad SMARTS) is 1. The second-order valence-electron chi connectivity index (χ2n) is 8.35. The normalized spacial score (nSPS) is 11.7. The molecule has 0 saturated heterocycles. The second kappa shape index (κ2) is 10.5. The summed E-state index contributed by atoms with van der Waals surface area (Å²) in [6, 6.07) is 10.3. The molecule has 2 aromatic heterocycles. The molecule has 10 heteroatoms. The molecule has 4 rings (SSSR count). The number of hydrogen-bond donors (Lipinski definition) is 4. The molecule has 0 bridgehead atoms. The van der Waals surface area contributed by atoms with E-state index in [1.54, 1.807) is 12.4 Å². The lowest BCUT2D eigenvalue weighted by atomic mass is 9.98. The van der Waals surface area contributed by atoms with Gasteiger partial charge in [-0.25, -0.2) is 14.8 Å². The van der Waals surface area contributed by atoms with Gasteiger partial charge in [-0.2, -0.15) is 4.37 Å². The molecule has 0 aliphatic rings. The molecule has 0 fully saturated rings. The predicted octanol–water partition coefficient (Wildman–Crippen LogP) is 3.89. The van der Waals surface area contributed by atoms with Gasteiger partial charge in [-0.05, 0) is 49.0 Å². The predicted molar refractivity (Wildman–Crippen MR) is 135 cm³/mol.